The molecule has 1 saturated heterocycles. The Morgan fingerprint density at radius 1 is 1.17 bits per heavy atom. The minimum Gasteiger partial charge on any atom is -0.494 e. The number of nitrogens with one attached hydrogen (secondary N) is 1. The molecule has 23 heavy (non-hydrogen) atoms. The minimum atomic E-state index is -0.471. The lowest BCUT2D eigenvalue weighted by Crippen LogP contribution is -2.49. The van der Waals surface area contributed by atoms with Crippen LogP contribution in [0.25, 0.3) is 0 Å². The lowest BCUT2D eigenvalue weighted by atomic mass is 9.91. The Labute approximate surface area is 140 Å². The van der Waals surface area contributed by atoms with Crippen LogP contribution in [0.15, 0.2) is 12.1 Å². The molecule has 0 radical (unpaired) electrons. The number of aliphatic hydroxyl groups excluding tert-OH is 1. The third-order valence-corrected chi connectivity index (χ3v) is 4.82. The third-order valence-electron chi connectivity index (χ3n) is 4.82. The monoisotopic (exact) mass is 320 g/mol. The van der Waals surface area contributed by atoms with Crippen LogP contribution < -0.4 is 10.1 Å². The molecule has 1 fully saturated rings. The predicted molar refractivity (Wildman–Crippen MR) is 95.3 cm³/mol. The van der Waals surface area contributed by atoms with E-state index in [-0.39, 0.29) is 6.04 Å². The summed E-state index contributed by atoms with van der Waals surface area (Å²) < 4.78 is 5.79. The van der Waals surface area contributed by atoms with E-state index in [2.05, 4.69) is 50.0 Å². The molecular weight excluding hydrogens is 288 g/mol. The molecule has 0 amide bonds. The molecule has 2 unspecified atom stereocenters. The van der Waals surface area contributed by atoms with Crippen molar-refractivity contribution in [3.8, 4) is 5.75 Å². The topological polar surface area (TPSA) is 44.7 Å². The van der Waals surface area contributed by atoms with Crippen molar-refractivity contribution >= 4 is 0 Å². The van der Waals surface area contributed by atoms with E-state index in [0.717, 1.165) is 43.1 Å². The average molecular weight is 320 g/mol. The van der Waals surface area contributed by atoms with Crippen LogP contribution in [0.3, 0.4) is 0 Å². The first-order valence-corrected chi connectivity index (χ1v) is 8.85. The number of benzene rings is 1. The SMILES string of the molecule is CCOc1cc(C)c(C(O)C(C)N2CCNCC2)cc1C(C)C. The summed E-state index contributed by atoms with van der Waals surface area (Å²) in [6.07, 6.45) is -0.471. The smallest absolute Gasteiger partial charge is 0.123 e. The van der Waals surface area contributed by atoms with E-state index in [1.165, 1.54) is 5.56 Å². The number of hydrogen-bond donors (Lipinski definition) is 2. The van der Waals surface area contributed by atoms with Gasteiger partial charge in [0.05, 0.1) is 12.7 Å². The molecule has 1 heterocycles. The van der Waals surface area contributed by atoms with Gasteiger partial charge in [-0.1, -0.05) is 13.8 Å². The summed E-state index contributed by atoms with van der Waals surface area (Å²) in [5, 5.41) is 14.3. The van der Waals surface area contributed by atoms with Gasteiger partial charge in [-0.25, -0.2) is 0 Å². The van der Waals surface area contributed by atoms with E-state index in [1.807, 2.05) is 6.92 Å². The number of aliphatic hydroxyl groups is 1. The summed E-state index contributed by atoms with van der Waals surface area (Å²) in [5.41, 5.74) is 3.31. The molecule has 1 aliphatic rings. The Hall–Kier alpha value is -1.10. The molecule has 2 N–H and O–H groups in total. The summed E-state index contributed by atoms with van der Waals surface area (Å²) in [5.74, 6) is 1.32. The van der Waals surface area contributed by atoms with Crippen LogP contribution in [-0.2, 0) is 0 Å². The van der Waals surface area contributed by atoms with Crippen LogP contribution in [-0.4, -0.2) is 48.8 Å². The summed E-state index contributed by atoms with van der Waals surface area (Å²) in [7, 11) is 0. The molecule has 2 atom stereocenters. The molecule has 0 spiro atoms. The van der Waals surface area contributed by atoms with E-state index in [0.29, 0.717) is 12.5 Å². The van der Waals surface area contributed by atoms with Crippen LogP contribution in [0, 0.1) is 6.92 Å². The average Bonchev–Trinajstić information content (AvgIpc) is 2.54. The van der Waals surface area contributed by atoms with Crippen LogP contribution in [0.2, 0.25) is 0 Å². The lowest BCUT2D eigenvalue weighted by molar-refractivity contribution is 0.0505. The maximum absolute atomic E-state index is 10.9. The molecule has 2 rings (SSSR count). The second-order valence-electron chi connectivity index (χ2n) is 6.81. The molecule has 4 nitrogen and oxygen atoms in total. The quantitative estimate of drug-likeness (QED) is 0.846. The fraction of sp³-hybridized carbons (Fsp3) is 0.684. The zero-order chi connectivity index (χ0) is 17.0. The number of piperazine rings is 1. The molecule has 0 saturated carbocycles. The molecular formula is C19H32N2O2. The highest BCUT2D eigenvalue weighted by Crippen LogP contribution is 2.34. The number of ether oxygens (including phenoxy) is 1. The van der Waals surface area contributed by atoms with Gasteiger partial charge in [0, 0.05) is 32.2 Å². The molecule has 1 aromatic carbocycles. The van der Waals surface area contributed by atoms with Crippen molar-refractivity contribution in [3.05, 3.63) is 28.8 Å². The Morgan fingerprint density at radius 2 is 1.83 bits per heavy atom. The summed E-state index contributed by atoms with van der Waals surface area (Å²) >= 11 is 0. The first-order chi connectivity index (χ1) is 11.0. The van der Waals surface area contributed by atoms with Gasteiger partial charge in [-0.05, 0) is 55.5 Å². The van der Waals surface area contributed by atoms with Crippen LogP contribution in [0.5, 0.6) is 5.75 Å². The fourth-order valence-corrected chi connectivity index (χ4v) is 3.32. The molecule has 0 bridgehead atoms. The second kappa shape index (κ2) is 8.13. The van der Waals surface area contributed by atoms with Gasteiger partial charge in [-0.2, -0.15) is 0 Å². The van der Waals surface area contributed by atoms with Crippen molar-refractivity contribution in [2.75, 3.05) is 32.8 Å². The highest BCUT2D eigenvalue weighted by Gasteiger charge is 2.26. The van der Waals surface area contributed by atoms with E-state index in [4.69, 9.17) is 4.74 Å². The molecule has 1 aliphatic heterocycles. The van der Waals surface area contributed by atoms with E-state index in [9.17, 15) is 5.11 Å². The van der Waals surface area contributed by atoms with Gasteiger partial charge in [0.1, 0.15) is 5.75 Å². The normalized spacial score (nSPS) is 18.9. The minimum absolute atomic E-state index is 0.119. The second-order valence-corrected chi connectivity index (χ2v) is 6.81. The molecule has 0 aromatic heterocycles. The Morgan fingerprint density at radius 3 is 2.39 bits per heavy atom. The summed E-state index contributed by atoms with van der Waals surface area (Å²) in [6, 6.07) is 4.35. The Kier molecular flexibility index (Phi) is 6.45. The van der Waals surface area contributed by atoms with Gasteiger partial charge in [-0.15, -0.1) is 0 Å². The van der Waals surface area contributed by atoms with Crippen molar-refractivity contribution in [3.63, 3.8) is 0 Å². The standard InChI is InChI=1S/C19H32N2O2/c1-6-23-18-11-14(4)17(12-16(18)13(2)3)19(22)15(5)21-9-7-20-8-10-21/h11-13,15,19-20,22H,6-10H2,1-5H3. The third kappa shape index (κ3) is 4.25. The lowest BCUT2D eigenvalue weighted by Gasteiger charge is -2.36. The maximum atomic E-state index is 10.9. The van der Waals surface area contributed by atoms with Crippen molar-refractivity contribution < 1.29 is 9.84 Å². The van der Waals surface area contributed by atoms with Crippen LogP contribution >= 0.6 is 0 Å². The number of rotatable bonds is 6. The zero-order valence-electron chi connectivity index (χ0n) is 15.2. The van der Waals surface area contributed by atoms with Gasteiger partial charge in [0.15, 0.2) is 0 Å². The zero-order valence-corrected chi connectivity index (χ0v) is 15.2. The van der Waals surface area contributed by atoms with Crippen molar-refractivity contribution in [2.24, 2.45) is 0 Å². The maximum Gasteiger partial charge on any atom is 0.123 e. The number of nitrogens with zero attached hydrogens (tertiary/aromatic N) is 1. The van der Waals surface area contributed by atoms with E-state index < -0.39 is 6.10 Å². The molecule has 130 valence electrons. The van der Waals surface area contributed by atoms with Crippen LogP contribution in [0.4, 0.5) is 0 Å². The van der Waals surface area contributed by atoms with Gasteiger partial charge in [0.25, 0.3) is 0 Å². The van der Waals surface area contributed by atoms with Crippen molar-refractivity contribution in [1.82, 2.24) is 10.2 Å². The summed E-state index contributed by atoms with van der Waals surface area (Å²) in [6.45, 7) is 15.2. The van der Waals surface area contributed by atoms with Gasteiger partial charge < -0.3 is 15.2 Å². The van der Waals surface area contributed by atoms with Crippen LogP contribution in [0.1, 0.15) is 56.4 Å². The van der Waals surface area contributed by atoms with Gasteiger partial charge in [-0.3, -0.25) is 4.90 Å². The van der Waals surface area contributed by atoms with Crippen molar-refractivity contribution in [1.29, 1.82) is 0 Å². The van der Waals surface area contributed by atoms with Gasteiger partial charge >= 0.3 is 0 Å². The first-order valence-electron chi connectivity index (χ1n) is 8.85. The Bertz CT molecular complexity index is 510. The number of aryl methyl sites for hydroxylation is 1. The largest absolute Gasteiger partial charge is 0.494 e. The number of hydrogen-bond acceptors (Lipinski definition) is 4. The molecule has 4 heteroatoms. The molecule has 0 aliphatic carbocycles. The summed E-state index contributed by atoms with van der Waals surface area (Å²) in [4.78, 5) is 2.37. The molecule has 1 aromatic rings. The highest BCUT2D eigenvalue weighted by molar-refractivity contribution is 5.45. The predicted octanol–water partition coefficient (Wildman–Crippen LogP) is 2.84. The van der Waals surface area contributed by atoms with Gasteiger partial charge in [0.2, 0.25) is 0 Å². The first kappa shape index (κ1) is 18.2. The Balaban J connectivity index is 2.28. The van der Waals surface area contributed by atoms with E-state index >= 15 is 0 Å². The fourth-order valence-electron chi connectivity index (χ4n) is 3.32. The highest BCUT2D eigenvalue weighted by atomic mass is 16.5. The van der Waals surface area contributed by atoms with E-state index in [1.54, 1.807) is 0 Å². The van der Waals surface area contributed by atoms with Crippen molar-refractivity contribution in [2.45, 2.75) is 52.7 Å².